The summed E-state index contributed by atoms with van der Waals surface area (Å²) in [5.74, 6) is -3.75. The molecule has 0 aromatic carbocycles. The maximum Gasteiger partial charge on any atom is 0.329 e. The number of ether oxygens (including phenoxy) is 1. The number of rotatable bonds is 3. The highest BCUT2D eigenvalue weighted by atomic mass is 19.3. The second-order valence-corrected chi connectivity index (χ2v) is 3.56. The van der Waals surface area contributed by atoms with Crippen LogP contribution in [0.4, 0.5) is 8.78 Å². The Balaban J connectivity index is 0.00000106. The smallest absolute Gasteiger partial charge is 0.329 e. The molecule has 1 rings (SSSR count). The van der Waals surface area contributed by atoms with Gasteiger partial charge in [-0.2, -0.15) is 0 Å². The molecule has 16 heavy (non-hydrogen) atoms. The molecule has 0 amide bonds. The van der Waals surface area contributed by atoms with Crippen LogP contribution < -0.4 is 0 Å². The van der Waals surface area contributed by atoms with Gasteiger partial charge in [0.15, 0.2) is 6.04 Å². The van der Waals surface area contributed by atoms with E-state index in [1.165, 1.54) is 11.9 Å². The van der Waals surface area contributed by atoms with Gasteiger partial charge in [-0.15, -0.1) is 0 Å². The zero-order chi connectivity index (χ0) is 12.8. The molecule has 0 spiro atoms. The van der Waals surface area contributed by atoms with Crippen LogP contribution in [0.1, 0.15) is 33.6 Å². The van der Waals surface area contributed by atoms with Crippen LogP contribution in [-0.2, 0) is 9.53 Å². The summed E-state index contributed by atoms with van der Waals surface area (Å²) in [5, 5.41) is 0. The number of halogens is 2. The van der Waals surface area contributed by atoms with Gasteiger partial charge in [0.2, 0.25) is 0 Å². The Bertz CT molecular complexity index is 222. The van der Waals surface area contributed by atoms with Crippen LogP contribution in [0.5, 0.6) is 0 Å². The molecule has 0 aliphatic carbocycles. The molecule has 1 unspecified atom stereocenters. The lowest BCUT2D eigenvalue weighted by Crippen LogP contribution is -2.44. The Morgan fingerprint density at radius 1 is 1.50 bits per heavy atom. The number of carbonyl (C=O) groups excluding carboxylic acids is 1. The highest BCUT2D eigenvalue weighted by Gasteiger charge is 2.52. The van der Waals surface area contributed by atoms with Crippen LogP contribution in [-0.4, -0.2) is 43.0 Å². The average Bonchev–Trinajstić information content (AvgIpc) is 2.52. The summed E-state index contributed by atoms with van der Waals surface area (Å²) >= 11 is 0. The molecule has 1 aliphatic heterocycles. The number of likely N-dealkylation sites (N-methyl/N-ethyl adjacent to an activating group) is 1. The van der Waals surface area contributed by atoms with Crippen LogP contribution in [0, 0.1) is 0 Å². The third-order valence-corrected chi connectivity index (χ3v) is 2.31. The molecule has 1 atom stereocenters. The van der Waals surface area contributed by atoms with Gasteiger partial charge in [0, 0.05) is 13.0 Å². The highest BCUT2D eigenvalue weighted by Crippen LogP contribution is 2.33. The molecule has 0 N–H and O–H groups in total. The third-order valence-electron chi connectivity index (χ3n) is 2.31. The first-order chi connectivity index (χ1) is 7.49. The van der Waals surface area contributed by atoms with Gasteiger partial charge in [-0.05, 0) is 13.5 Å². The molecular formula is C11H21F2NO2. The fourth-order valence-electron chi connectivity index (χ4n) is 1.55. The summed E-state index contributed by atoms with van der Waals surface area (Å²) in [4.78, 5) is 12.6. The molecule has 0 aromatic heterocycles. The molecule has 0 saturated carbocycles. The summed E-state index contributed by atoms with van der Waals surface area (Å²) in [7, 11) is 1.51. The molecule has 96 valence electrons. The van der Waals surface area contributed by atoms with Gasteiger partial charge in [0.05, 0.1) is 6.61 Å². The van der Waals surface area contributed by atoms with E-state index in [1.807, 2.05) is 20.8 Å². The monoisotopic (exact) mass is 237 g/mol. The maximum atomic E-state index is 13.2. The molecule has 1 saturated heterocycles. The van der Waals surface area contributed by atoms with Crippen molar-refractivity contribution in [2.75, 3.05) is 20.2 Å². The molecule has 3 nitrogen and oxygen atoms in total. The Kier molecular flexibility index (Phi) is 6.48. The predicted octanol–water partition coefficient (Wildman–Crippen LogP) is 2.31. The van der Waals surface area contributed by atoms with Crippen molar-refractivity contribution in [2.24, 2.45) is 0 Å². The van der Waals surface area contributed by atoms with Gasteiger partial charge in [0.25, 0.3) is 5.92 Å². The van der Waals surface area contributed by atoms with Crippen molar-refractivity contribution < 1.29 is 18.3 Å². The second-order valence-electron chi connectivity index (χ2n) is 3.56. The third kappa shape index (κ3) is 3.70. The van der Waals surface area contributed by atoms with Crippen LogP contribution in [0.2, 0.25) is 0 Å². The number of likely N-dealkylation sites (tertiary alicyclic amines) is 1. The van der Waals surface area contributed by atoms with Crippen LogP contribution in [0.25, 0.3) is 0 Å². The number of carbonyl (C=O) groups is 1. The van der Waals surface area contributed by atoms with Gasteiger partial charge in [0.1, 0.15) is 0 Å². The molecule has 0 bridgehead atoms. The zero-order valence-corrected chi connectivity index (χ0v) is 10.4. The van der Waals surface area contributed by atoms with Gasteiger partial charge >= 0.3 is 5.97 Å². The standard InChI is InChI=1S/C9H15F2NO2.C2H6/c1-3-6-14-8(13)7-9(10,11)4-5-12(7)2;1-2/h7H,3-6H2,1-2H3;1-2H3. The number of alkyl halides is 2. The van der Waals surface area contributed by atoms with E-state index in [2.05, 4.69) is 0 Å². The largest absolute Gasteiger partial charge is 0.464 e. The van der Waals surface area contributed by atoms with Crippen molar-refractivity contribution in [1.29, 1.82) is 0 Å². The fourth-order valence-corrected chi connectivity index (χ4v) is 1.55. The summed E-state index contributed by atoms with van der Waals surface area (Å²) in [6.07, 6.45) is 0.378. The Morgan fingerprint density at radius 2 is 2.06 bits per heavy atom. The Morgan fingerprint density at radius 3 is 2.44 bits per heavy atom. The predicted molar refractivity (Wildman–Crippen MR) is 58.6 cm³/mol. The Labute approximate surface area is 95.8 Å². The van der Waals surface area contributed by atoms with E-state index < -0.39 is 17.9 Å². The minimum atomic E-state index is -2.94. The van der Waals surface area contributed by atoms with Crippen molar-refractivity contribution in [1.82, 2.24) is 4.90 Å². The van der Waals surface area contributed by atoms with Crippen molar-refractivity contribution in [3.63, 3.8) is 0 Å². The van der Waals surface area contributed by atoms with E-state index in [1.54, 1.807) is 0 Å². The van der Waals surface area contributed by atoms with Gasteiger partial charge in [-0.25, -0.2) is 8.78 Å². The molecular weight excluding hydrogens is 216 g/mol. The second kappa shape index (κ2) is 6.78. The summed E-state index contributed by atoms with van der Waals surface area (Å²) in [6.45, 7) is 6.27. The van der Waals surface area contributed by atoms with E-state index in [9.17, 15) is 13.6 Å². The van der Waals surface area contributed by atoms with E-state index in [0.717, 1.165) is 0 Å². The van der Waals surface area contributed by atoms with Gasteiger partial charge in [-0.1, -0.05) is 20.8 Å². The fraction of sp³-hybridized carbons (Fsp3) is 0.909. The number of nitrogens with zero attached hydrogens (tertiary/aromatic N) is 1. The van der Waals surface area contributed by atoms with Crippen molar-refractivity contribution in [3.8, 4) is 0 Å². The zero-order valence-electron chi connectivity index (χ0n) is 10.4. The first kappa shape index (κ1) is 15.3. The van der Waals surface area contributed by atoms with E-state index >= 15 is 0 Å². The molecule has 1 heterocycles. The summed E-state index contributed by atoms with van der Waals surface area (Å²) in [5.41, 5.74) is 0. The Hall–Kier alpha value is -0.710. The summed E-state index contributed by atoms with van der Waals surface area (Å²) in [6, 6.07) is -1.39. The number of esters is 1. The molecule has 0 aromatic rings. The van der Waals surface area contributed by atoms with E-state index in [4.69, 9.17) is 4.74 Å². The number of hydrogen-bond donors (Lipinski definition) is 0. The average molecular weight is 237 g/mol. The molecule has 5 heteroatoms. The minimum absolute atomic E-state index is 0.208. The first-order valence-electron chi connectivity index (χ1n) is 5.73. The van der Waals surface area contributed by atoms with Crippen LogP contribution >= 0.6 is 0 Å². The molecule has 1 fully saturated rings. The lowest BCUT2D eigenvalue weighted by molar-refractivity contribution is -0.158. The van der Waals surface area contributed by atoms with Crippen molar-refractivity contribution >= 4 is 5.97 Å². The minimum Gasteiger partial charge on any atom is -0.464 e. The van der Waals surface area contributed by atoms with Gasteiger partial charge < -0.3 is 4.74 Å². The topological polar surface area (TPSA) is 29.5 Å². The SMILES string of the molecule is CC.CCCOC(=O)C1N(C)CCC1(F)F. The lowest BCUT2D eigenvalue weighted by atomic mass is 10.1. The van der Waals surface area contributed by atoms with Crippen LogP contribution in [0.15, 0.2) is 0 Å². The highest BCUT2D eigenvalue weighted by molar-refractivity contribution is 5.77. The van der Waals surface area contributed by atoms with E-state index in [0.29, 0.717) is 6.42 Å². The van der Waals surface area contributed by atoms with E-state index in [-0.39, 0.29) is 19.6 Å². The quantitative estimate of drug-likeness (QED) is 0.705. The maximum absolute atomic E-state index is 13.2. The lowest BCUT2D eigenvalue weighted by Gasteiger charge is -2.22. The van der Waals surface area contributed by atoms with Crippen molar-refractivity contribution in [3.05, 3.63) is 0 Å². The van der Waals surface area contributed by atoms with Crippen molar-refractivity contribution in [2.45, 2.75) is 45.6 Å². The first-order valence-corrected chi connectivity index (χ1v) is 5.73. The molecule has 0 radical (unpaired) electrons. The van der Waals surface area contributed by atoms with Gasteiger partial charge in [-0.3, -0.25) is 9.69 Å². The summed E-state index contributed by atoms with van der Waals surface area (Å²) < 4.78 is 31.1. The normalized spacial score (nSPS) is 23.5. The number of hydrogen-bond acceptors (Lipinski definition) is 3. The molecule has 1 aliphatic rings. The van der Waals surface area contributed by atoms with Crippen LogP contribution in [0.3, 0.4) is 0 Å².